The van der Waals surface area contributed by atoms with Gasteiger partial charge in [0.25, 0.3) is 5.91 Å². The summed E-state index contributed by atoms with van der Waals surface area (Å²) in [6.07, 6.45) is 1.65. The van der Waals surface area contributed by atoms with Gasteiger partial charge in [0.15, 0.2) is 0 Å². The van der Waals surface area contributed by atoms with Gasteiger partial charge in [0.2, 0.25) is 5.95 Å². The van der Waals surface area contributed by atoms with Crippen molar-refractivity contribution in [2.75, 3.05) is 31.1 Å². The van der Waals surface area contributed by atoms with Crippen molar-refractivity contribution >= 4 is 11.9 Å². The molecule has 0 aromatic carbocycles. The molecule has 100 valence electrons. The lowest BCUT2D eigenvalue weighted by molar-refractivity contribution is 0.0767. The number of nitrogens with zero attached hydrogens (tertiary/aromatic N) is 4. The van der Waals surface area contributed by atoms with Gasteiger partial charge in [-0.3, -0.25) is 4.79 Å². The molecule has 0 spiro atoms. The van der Waals surface area contributed by atoms with Crippen molar-refractivity contribution in [2.24, 2.45) is 0 Å². The van der Waals surface area contributed by atoms with Crippen molar-refractivity contribution < 1.29 is 4.79 Å². The van der Waals surface area contributed by atoms with E-state index in [4.69, 9.17) is 0 Å². The van der Waals surface area contributed by atoms with Crippen LogP contribution in [0.3, 0.4) is 0 Å². The van der Waals surface area contributed by atoms with E-state index in [1.807, 2.05) is 32.6 Å². The predicted molar refractivity (Wildman–Crippen MR) is 72.8 cm³/mol. The molecule has 1 heterocycles. The van der Waals surface area contributed by atoms with Crippen molar-refractivity contribution in [3.05, 3.63) is 18.0 Å². The van der Waals surface area contributed by atoms with Crippen molar-refractivity contribution in [3.8, 4) is 0 Å². The SMILES string of the molecule is CCN(CC)C(=O)c1ccnc(N(CC)CC)n1. The Labute approximate surface area is 109 Å². The molecule has 0 aliphatic carbocycles. The van der Waals surface area contributed by atoms with Crippen LogP contribution < -0.4 is 4.90 Å². The summed E-state index contributed by atoms with van der Waals surface area (Å²) in [6.45, 7) is 11.1. The van der Waals surface area contributed by atoms with Gasteiger partial charge in [0.05, 0.1) is 0 Å². The van der Waals surface area contributed by atoms with Gasteiger partial charge in [-0.05, 0) is 33.8 Å². The normalized spacial score (nSPS) is 10.2. The number of anilines is 1. The minimum absolute atomic E-state index is 0.0317. The van der Waals surface area contributed by atoms with E-state index in [0.29, 0.717) is 24.7 Å². The average molecular weight is 250 g/mol. The molecule has 0 radical (unpaired) electrons. The Hall–Kier alpha value is -1.65. The summed E-state index contributed by atoms with van der Waals surface area (Å²) in [7, 11) is 0. The van der Waals surface area contributed by atoms with E-state index in [0.717, 1.165) is 13.1 Å². The number of carbonyl (C=O) groups excluding carboxylic acids is 1. The summed E-state index contributed by atoms with van der Waals surface area (Å²) in [5, 5.41) is 0. The predicted octanol–water partition coefficient (Wildman–Crippen LogP) is 1.80. The number of aromatic nitrogens is 2. The minimum atomic E-state index is -0.0317. The van der Waals surface area contributed by atoms with Crippen LogP contribution in [0.4, 0.5) is 5.95 Å². The van der Waals surface area contributed by atoms with Gasteiger partial charge in [-0.25, -0.2) is 9.97 Å². The van der Waals surface area contributed by atoms with Crippen molar-refractivity contribution in [1.29, 1.82) is 0 Å². The van der Waals surface area contributed by atoms with Crippen LogP contribution in [-0.2, 0) is 0 Å². The first kappa shape index (κ1) is 14.4. The third-order valence-corrected chi connectivity index (χ3v) is 2.96. The third kappa shape index (κ3) is 3.18. The smallest absolute Gasteiger partial charge is 0.272 e. The fourth-order valence-electron chi connectivity index (χ4n) is 1.80. The second kappa shape index (κ2) is 6.93. The van der Waals surface area contributed by atoms with E-state index >= 15 is 0 Å². The van der Waals surface area contributed by atoms with Crippen LogP contribution in [0.15, 0.2) is 12.3 Å². The summed E-state index contributed by atoms with van der Waals surface area (Å²) < 4.78 is 0. The summed E-state index contributed by atoms with van der Waals surface area (Å²) in [4.78, 5) is 24.5. The minimum Gasteiger partial charge on any atom is -0.341 e. The van der Waals surface area contributed by atoms with Gasteiger partial charge in [-0.15, -0.1) is 0 Å². The number of carbonyl (C=O) groups is 1. The summed E-state index contributed by atoms with van der Waals surface area (Å²) in [5.74, 6) is 0.591. The van der Waals surface area contributed by atoms with E-state index in [1.54, 1.807) is 17.2 Å². The molecule has 0 bridgehead atoms. The van der Waals surface area contributed by atoms with Gasteiger partial charge < -0.3 is 9.80 Å². The number of hydrogen-bond donors (Lipinski definition) is 0. The van der Waals surface area contributed by atoms with Crippen LogP contribution in [0.5, 0.6) is 0 Å². The first-order valence-corrected chi connectivity index (χ1v) is 6.55. The molecule has 0 fully saturated rings. The van der Waals surface area contributed by atoms with Gasteiger partial charge in [-0.2, -0.15) is 0 Å². The fraction of sp³-hybridized carbons (Fsp3) is 0.615. The number of rotatable bonds is 6. The Morgan fingerprint density at radius 3 is 2.22 bits per heavy atom. The molecule has 1 amide bonds. The van der Waals surface area contributed by atoms with E-state index in [1.165, 1.54) is 0 Å². The first-order chi connectivity index (χ1) is 8.67. The molecule has 0 saturated carbocycles. The summed E-state index contributed by atoms with van der Waals surface area (Å²) in [5.41, 5.74) is 0.468. The van der Waals surface area contributed by atoms with Crippen molar-refractivity contribution in [1.82, 2.24) is 14.9 Å². The maximum Gasteiger partial charge on any atom is 0.272 e. The highest BCUT2D eigenvalue weighted by Crippen LogP contribution is 2.09. The highest BCUT2D eigenvalue weighted by atomic mass is 16.2. The molecule has 0 saturated heterocycles. The molecule has 0 aliphatic heterocycles. The number of amides is 1. The lowest BCUT2D eigenvalue weighted by Crippen LogP contribution is -2.32. The maximum atomic E-state index is 12.2. The lowest BCUT2D eigenvalue weighted by atomic mass is 10.3. The molecule has 5 heteroatoms. The van der Waals surface area contributed by atoms with Gasteiger partial charge in [0, 0.05) is 32.4 Å². The molecule has 0 aliphatic rings. The first-order valence-electron chi connectivity index (χ1n) is 6.55. The van der Waals surface area contributed by atoms with E-state index in [2.05, 4.69) is 9.97 Å². The van der Waals surface area contributed by atoms with Crippen LogP contribution in [-0.4, -0.2) is 47.0 Å². The van der Waals surface area contributed by atoms with E-state index in [-0.39, 0.29) is 5.91 Å². The third-order valence-electron chi connectivity index (χ3n) is 2.96. The molecular formula is C13H22N4O. The zero-order valence-electron chi connectivity index (χ0n) is 11.7. The Balaban J connectivity index is 2.97. The highest BCUT2D eigenvalue weighted by molar-refractivity contribution is 5.92. The molecule has 1 aromatic rings. The van der Waals surface area contributed by atoms with Crippen LogP contribution >= 0.6 is 0 Å². The van der Waals surface area contributed by atoms with E-state index < -0.39 is 0 Å². The monoisotopic (exact) mass is 250 g/mol. The molecule has 0 atom stereocenters. The molecule has 1 rings (SSSR count). The second-order valence-electron chi connectivity index (χ2n) is 3.89. The fourth-order valence-corrected chi connectivity index (χ4v) is 1.80. The lowest BCUT2D eigenvalue weighted by Gasteiger charge is -2.21. The van der Waals surface area contributed by atoms with Gasteiger partial charge in [-0.1, -0.05) is 0 Å². The Bertz CT molecular complexity index is 386. The summed E-state index contributed by atoms with van der Waals surface area (Å²) >= 11 is 0. The molecule has 0 unspecified atom stereocenters. The Kier molecular flexibility index (Phi) is 5.55. The highest BCUT2D eigenvalue weighted by Gasteiger charge is 2.15. The maximum absolute atomic E-state index is 12.2. The van der Waals surface area contributed by atoms with E-state index in [9.17, 15) is 4.79 Å². The van der Waals surface area contributed by atoms with Crippen molar-refractivity contribution in [2.45, 2.75) is 27.7 Å². The average Bonchev–Trinajstić information content (AvgIpc) is 2.42. The molecule has 0 N–H and O–H groups in total. The molecular weight excluding hydrogens is 228 g/mol. The quantitative estimate of drug-likeness (QED) is 0.772. The van der Waals surface area contributed by atoms with Gasteiger partial charge in [0.1, 0.15) is 5.69 Å². The molecule has 18 heavy (non-hydrogen) atoms. The standard InChI is InChI=1S/C13H22N4O/c1-5-16(6-2)12(18)11-9-10-14-13(15-11)17(7-3)8-4/h9-10H,5-8H2,1-4H3. The van der Waals surface area contributed by atoms with Crippen molar-refractivity contribution in [3.63, 3.8) is 0 Å². The largest absolute Gasteiger partial charge is 0.341 e. The Morgan fingerprint density at radius 1 is 1.11 bits per heavy atom. The molecule has 5 nitrogen and oxygen atoms in total. The summed E-state index contributed by atoms with van der Waals surface area (Å²) in [6, 6.07) is 1.67. The van der Waals surface area contributed by atoms with Crippen LogP contribution in [0.1, 0.15) is 38.2 Å². The second-order valence-corrected chi connectivity index (χ2v) is 3.89. The zero-order valence-corrected chi connectivity index (χ0v) is 11.7. The number of hydrogen-bond acceptors (Lipinski definition) is 4. The topological polar surface area (TPSA) is 49.3 Å². The van der Waals surface area contributed by atoms with Crippen LogP contribution in [0.25, 0.3) is 0 Å². The molecule has 1 aromatic heterocycles. The van der Waals surface area contributed by atoms with Crippen LogP contribution in [0.2, 0.25) is 0 Å². The zero-order chi connectivity index (χ0) is 13.5. The van der Waals surface area contributed by atoms with Gasteiger partial charge >= 0.3 is 0 Å². The van der Waals surface area contributed by atoms with Crippen LogP contribution in [0, 0.1) is 0 Å². The Morgan fingerprint density at radius 2 is 1.72 bits per heavy atom.